The minimum atomic E-state index is -0.947. The standard InChI is InChI=1S/C15H16N4O5S/c1-3-6-18-13(16-17-15(18)25-9-14(20)21)8-24-11-4-5-12(19(22)23)10(2)7-11/h3-5,7H,1,6,8-9H2,2H3,(H,20,21). The number of hydrogen-bond donors (Lipinski definition) is 1. The van der Waals surface area contributed by atoms with Crippen LogP contribution in [0.3, 0.4) is 0 Å². The number of thioether (sulfide) groups is 1. The maximum Gasteiger partial charge on any atom is 0.313 e. The molecule has 1 aromatic heterocycles. The van der Waals surface area contributed by atoms with Gasteiger partial charge in [0.1, 0.15) is 12.4 Å². The molecule has 0 aliphatic rings. The molecule has 2 aromatic rings. The Kier molecular flexibility index (Phi) is 6.12. The Labute approximate surface area is 147 Å². The Bertz CT molecular complexity index is 805. The van der Waals surface area contributed by atoms with Crippen LogP contribution in [0, 0.1) is 17.0 Å². The van der Waals surface area contributed by atoms with Crippen LogP contribution in [-0.4, -0.2) is 36.5 Å². The first-order valence-corrected chi connectivity index (χ1v) is 8.16. The first-order valence-electron chi connectivity index (χ1n) is 7.17. The molecule has 0 saturated heterocycles. The summed E-state index contributed by atoms with van der Waals surface area (Å²) >= 11 is 1.06. The number of nitrogens with zero attached hydrogens (tertiary/aromatic N) is 4. The molecule has 0 fully saturated rings. The number of aryl methyl sites for hydroxylation is 1. The monoisotopic (exact) mass is 364 g/mol. The molecule has 0 unspecified atom stereocenters. The molecular weight excluding hydrogens is 348 g/mol. The first-order chi connectivity index (χ1) is 11.9. The lowest BCUT2D eigenvalue weighted by Gasteiger charge is -2.09. The second-order valence-electron chi connectivity index (χ2n) is 4.97. The number of hydrogen-bond acceptors (Lipinski definition) is 7. The van der Waals surface area contributed by atoms with E-state index in [4.69, 9.17) is 9.84 Å². The van der Waals surface area contributed by atoms with Gasteiger partial charge < -0.3 is 9.84 Å². The van der Waals surface area contributed by atoms with Crippen molar-refractivity contribution in [2.24, 2.45) is 0 Å². The van der Waals surface area contributed by atoms with Crippen LogP contribution in [0.1, 0.15) is 11.4 Å². The van der Waals surface area contributed by atoms with Crippen molar-refractivity contribution < 1.29 is 19.6 Å². The zero-order chi connectivity index (χ0) is 18.4. The van der Waals surface area contributed by atoms with Crippen LogP contribution in [0.4, 0.5) is 5.69 Å². The largest absolute Gasteiger partial charge is 0.486 e. The summed E-state index contributed by atoms with van der Waals surface area (Å²) in [7, 11) is 0. The van der Waals surface area contributed by atoms with E-state index >= 15 is 0 Å². The highest BCUT2D eigenvalue weighted by molar-refractivity contribution is 7.99. The maximum atomic E-state index is 10.8. The zero-order valence-electron chi connectivity index (χ0n) is 13.4. The Hall–Kier alpha value is -2.88. The minimum Gasteiger partial charge on any atom is -0.486 e. The molecule has 0 spiro atoms. The van der Waals surface area contributed by atoms with E-state index in [1.54, 1.807) is 23.6 Å². The molecule has 0 atom stereocenters. The fraction of sp³-hybridized carbons (Fsp3) is 0.267. The fourth-order valence-electron chi connectivity index (χ4n) is 2.04. The predicted molar refractivity (Wildman–Crippen MR) is 90.7 cm³/mol. The van der Waals surface area contributed by atoms with Crippen molar-refractivity contribution in [3.8, 4) is 5.75 Å². The van der Waals surface area contributed by atoms with Crippen LogP contribution < -0.4 is 4.74 Å². The fourth-order valence-corrected chi connectivity index (χ4v) is 2.73. The van der Waals surface area contributed by atoms with E-state index < -0.39 is 10.9 Å². The summed E-state index contributed by atoms with van der Waals surface area (Å²) in [4.78, 5) is 21.1. The lowest BCUT2D eigenvalue weighted by atomic mass is 10.2. The second-order valence-corrected chi connectivity index (χ2v) is 5.92. The molecular formula is C15H16N4O5S. The van der Waals surface area contributed by atoms with Crippen LogP contribution in [0.2, 0.25) is 0 Å². The topological polar surface area (TPSA) is 120 Å². The molecule has 0 aliphatic heterocycles. The molecule has 2 rings (SSSR count). The molecule has 0 aliphatic carbocycles. The molecule has 0 amide bonds. The van der Waals surface area contributed by atoms with Crippen LogP contribution in [-0.2, 0) is 17.9 Å². The number of carboxylic acids is 1. The Morgan fingerprint density at radius 2 is 2.28 bits per heavy atom. The molecule has 1 N–H and O–H groups in total. The summed E-state index contributed by atoms with van der Waals surface area (Å²) in [6.07, 6.45) is 1.65. The van der Waals surface area contributed by atoms with Crippen molar-refractivity contribution in [3.05, 3.63) is 52.4 Å². The highest BCUT2D eigenvalue weighted by Crippen LogP contribution is 2.24. The summed E-state index contributed by atoms with van der Waals surface area (Å²) in [5.41, 5.74) is 0.516. The normalized spacial score (nSPS) is 10.4. The zero-order valence-corrected chi connectivity index (χ0v) is 14.2. The molecule has 1 aromatic carbocycles. The van der Waals surface area contributed by atoms with Gasteiger partial charge in [-0.15, -0.1) is 16.8 Å². The van der Waals surface area contributed by atoms with E-state index in [0.717, 1.165) is 11.8 Å². The predicted octanol–water partition coefficient (Wildman–Crippen LogP) is 2.44. The van der Waals surface area contributed by atoms with Gasteiger partial charge in [-0.05, 0) is 19.1 Å². The summed E-state index contributed by atoms with van der Waals surface area (Å²) < 4.78 is 7.33. The van der Waals surface area contributed by atoms with Gasteiger partial charge >= 0.3 is 5.97 Å². The number of allylic oxidation sites excluding steroid dienone is 1. The summed E-state index contributed by atoms with van der Waals surface area (Å²) in [5, 5.41) is 28.0. The highest BCUT2D eigenvalue weighted by atomic mass is 32.2. The Morgan fingerprint density at radius 3 is 2.88 bits per heavy atom. The van der Waals surface area contributed by atoms with E-state index in [2.05, 4.69) is 16.8 Å². The number of carboxylic acid groups (broad SMARTS) is 1. The molecule has 9 nitrogen and oxygen atoms in total. The molecule has 25 heavy (non-hydrogen) atoms. The Balaban J connectivity index is 2.12. The number of aromatic nitrogens is 3. The molecule has 0 saturated carbocycles. The van der Waals surface area contributed by atoms with Gasteiger partial charge in [-0.25, -0.2) is 0 Å². The van der Waals surface area contributed by atoms with Crippen molar-refractivity contribution in [1.29, 1.82) is 0 Å². The minimum absolute atomic E-state index is 0.0227. The first kappa shape index (κ1) is 18.5. The summed E-state index contributed by atoms with van der Waals surface area (Å²) in [6, 6.07) is 4.47. The quantitative estimate of drug-likeness (QED) is 0.312. The number of ether oxygens (including phenoxy) is 1. The van der Waals surface area contributed by atoms with E-state index in [-0.39, 0.29) is 18.0 Å². The third-order valence-electron chi connectivity index (χ3n) is 3.16. The molecule has 0 bridgehead atoms. The van der Waals surface area contributed by atoms with E-state index in [1.807, 2.05) is 0 Å². The number of carbonyl (C=O) groups is 1. The third kappa shape index (κ3) is 4.80. The lowest BCUT2D eigenvalue weighted by Crippen LogP contribution is -2.08. The summed E-state index contributed by atoms with van der Waals surface area (Å²) in [6.45, 7) is 5.79. The van der Waals surface area contributed by atoms with Gasteiger partial charge in [0, 0.05) is 18.2 Å². The number of rotatable bonds is 9. The lowest BCUT2D eigenvalue weighted by molar-refractivity contribution is -0.385. The third-order valence-corrected chi connectivity index (χ3v) is 4.11. The van der Waals surface area contributed by atoms with Crippen LogP contribution in [0.15, 0.2) is 36.0 Å². The van der Waals surface area contributed by atoms with E-state index in [1.165, 1.54) is 12.1 Å². The van der Waals surface area contributed by atoms with Crippen LogP contribution in [0.25, 0.3) is 0 Å². The molecule has 132 valence electrons. The van der Waals surface area contributed by atoms with Crippen molar-refractivity contribution in [1.82, 2.24) is 14.8 Å². The van der Waals surface area contributed by atoms with E-state index in [9.17, 15) is 14.9 Å². The van der Waals surface area contributed by atoms with Gasteiger partial charge in [0.05, 0.1) is 10.7 Å². The number of benzene rings is 1. The SMILES string of the molecule is C=CCn1c(COc2ccc([N+](=O)[O-])c(C)c2)nnc1SCC(=O)O. The van der Waals surface area contributed by atoms with Crippen molar-refractivity contribution in [2.75, 3.05) is 5.75 Å². The average molecular weight is 364 g/mol. The van der Waals surface area contributed by atoms with Gasteiger partial charge in [-0.3, -0.25) is 19.5 Å². The highest BCUT2D eigenvalue weighted by Gasteiger charge is 2.15. The van der Waals surface area contributed by atoms with Gasteiger partial charge in [-0.2, -0.15) is 0 Å². The van der Waals surface area contributed by atoms with Crippen molar-refractivity contribution in [3.63, 3.8) is 0 Å². The number of nitro groups is 1. The Morgan fingerprint density at radius 1 is 1.52 bits per heavy atom. The molecule has 10 heteroatoms. The van der Waals surface area contributed by atoms with Gasteiger partial charge in [0.15, 0.2) is 11.0 Å². The van der Waals surface area contributed by atoms with Crippen LogP contribution >= 0.6 is 11.8 Å². The maximum absolute atomic E-state index is 10.8. The van der Waals surface area contributed by atoms with Crippen molar-refractivity contribution in [2.45, 2.75) is 25.2 Å². The van der Waals surface area contributed by atoms with Crippen molar-refractivity contribution >= 4 is 23.4 Å². The van der Waals surface area contributed by atoms with Gasteiger partial charge in [0.25, 0.3) is 5.69 Å². The smallest absolute Gasteiger partial charge is 0.313 e. The number of aliphatic carboxylic acids is 1. The van der Waals surface area contributed by atoms with E-state index in [0.29, 0.717) is 28.8 Å². The van der Waals surface area contributed by atoms with Crippen LogP contribution in [0.5, 0.6) is 5.75 Å². The second kappa shape index (κ2) is 8.29. The number of nitro benzene ring substituents is 1. The molecule has 0 radical (unpaired) electrons. The average Bonchev–Trinajstić information content (AvgIpc) is 2.93. The summed E-state index contributed by atoms with van der Waals surface area (Å²) in [5.74, 6) is -0.102. The van der Waals surface area contributed by atoms with Gasteiger partial charge in [-0.1, -0.05) is 17.8 Å². The molecule has 1 heterocycles. The van der Waals surface area contributed by atoms with Gasteiger partial charge in [0.2, 0.25) is 0 Å².